The Kier molecular flexibility index (Phi) is 5.62. The van der Waals surface area contributed by atoms with Gasteiger partial charge in [0.05, 0.1) is 11.8 Å². The highest BCUT2D eigenvalue weighted by Crippen LogP contribution is 2.49. The lowest BCUT2D eigenvalue weighted by atomic mass is 9.84. The van der Waals surface area contributed by atoms with Gasteiger partial charge in [0, 0.05) is 6.04 Å². The van der Waals surface area contributed by atoms with Gasteiger partial charge in [-0.25, -0.2) is 9.89 Å². The molecule has 150 valence electrons. The summed E-state index contributed by atoms with van der Waals surface area (Å²) >= 11 is 1.33. The number of nitrogens with one attached hydrogen (secondary N) is 2. The van der Waals surface area contributed by atoms with E-state index in [-0.39, 0.29) is 22.9 Å². The molecule has 1 aromatic heterocycles. The number of nitrogens with zero attached hydrogens (tertiary/aromatic N) is 2. The number of carbonyl (C=O) groups is 1. The first-order chi connectivity index (χ1) is 13.5. The number of aromatic amines is 1. The van der Waals surface area contributed by atoms with Crippen LogP contribution in [0.2, 0.25) is 0 Å². The number of carbonyl (C=O) groups excluding carboxylic acids is 1. The van der Waals surface area contributed by atoms with Crippen LogP contribution in [0.5, 0.6) is 0 Å². The molecule has 6 nitrogen and oxygen atoms in total. The maximum Gasteiger partial charge on any atom is 0.344 e. The van der Waals surface area contributed by atoms with Crippen LogP contribution in [0.25, 0.3) is 0 Å². The average molecular weight is 401 g/mol. The van der Waals surface area contributed by atoms with Crippen LogP contribution in [0.15, 0.2) is 40.3 Å². The van der Waals surface area contributed by atoms with E-state index in [1.165, 1.54) is 37.4 Å². The molecule has 2 fully saturated rings. The topological polar surface area (TPSA) is 79.8 Å². The molecule has 7 heteroatoms. The SMILES string of the molecule is C[C@H](Sc1n[nH]c(=O)n1Cc1ccccc1)C(=O)N[C@@H](C)[C@@H]1C[C@H]2CC[C@H]1C2. The average Bonchev–Trinajstić information content (AvgIpc) is 3.41. The number of aromatic nitrogens is 3. The number of fused-ring (bicyclic) bond motifs is 2. The summed E-state index contributed by atoms with van der Waals surface area (Å²) in [7, 11) is 0. The summed E-state index contributed by atoms with van der Waals surface area (Å²) in [6.45, 7) is 4.45. The highest BCUT2D eigenvalue weighted by atomic mass is 32.2. The lowest BCUT2D eigenvalue weighted by Gasteiger charge is -2.29. The number of H-pyrrole nitrogens is 1. The quantitative estimate of drug-likeness (QED) is 0.700. The molecule has 0 radical (unpaired) electrons. The third-order valence-corrected chi connectivity index (χ3v) is 7.45. The van der Waals surface area contributed by atoms with E-state index in [0.717, 1.165) is 17.4 Å². The zero-order chi connectivity index (χ0) is 19.7. The van der Waals surface area contributed by atoms with Crippen molar-refractivity contribution in [2.75, 3.05) is 0 Å². The molecule has 0 saturated heterocycles. The van der Waals surface area contributed by atoms with Gasteiger partial charge in [0.25, 0.3) is 0 Å². The van der Waals surface area contributed by atoms with Crippen molar-refractivity contribution in [3.8, 4) is 0 Å². The number of hydrogen-bond donors (Lipinski definition) is 2. The van der Waals surface area contributed by atoms with Crippen molar-refractivity contribution >= 4 is 17.7 Å². The summed E-state index contributed by atoms with van der Waals surface area (Å²) in [6.07, 6.45) is 5.28. The first-order valence-electron chi connectivity index (χ1n) is 10.2. The van der Waals surface area contributed by atoms with Gasteiger partial charge in [0.15, 0.2) is 5.16 Å². The largest absolute Gasteiger partial charge is 0.352 e. The second-order valence-corrected chi connectivity index (χ2v) is 9.59. The van der Waals surface area contributed by atoms with Gasteiger partial charge < -0.3 is 5.32 Å². The Morgan fingerprint density at radius 3 is 2.75 bits per heavy atom. The van der Waals surface area contributed by atoms with E-state index in [1.807, 2.05) is 37.3 Å². The van der Waals surface area contributed by atoms with Crippen molar-refractivity contribution < 1.29 is 4.79 Å². The fourth-order valence-corrected chi connectivity index (χ4v) is 5.73. The monoisotopic (exact) mass is 400 g/mol. The highest BCUT2D eigenvalue weighted by Gasteiger charge is 2.42. The maximum absolute atomic E-state index is 12.7. The van der Waals surface area contributed by atoms with Crippen molar-refractivity contribution in [2.45, 2.75) is 62.5 Å². The number of thioether (sulfide) groups is 1. The van der Waals surface area contributed by atoms with E-state index in [0.29, 0.717) is 17.6 Å². The molecule has 4 rings (SSSR count). The predicted molar refractivity (Wildman–Crippen MR) is 110 cm³/mol. The maximum atomic E-state index is 12.7. The molecule has 5 atom stereocenters. The minimum absolute atomic E-state index is 0.0157. The summed E-state index contributed by atoms with van der Waals surface area (Å²) < 4.78 is 1.59. The Morgan fingerprint density at radius 2 is 2.07 bits per heavy atom. The normalized spacial score (nSPS) is 25.6. The Labute approximate surface area is 169 Å². The second-order valence-electron chi connectivity index (χ2n) is 8.28. The van der Waals surface area contributed by atoms with Gasteiger partial charge in [-0.05, 0) is 56.4 Å². The molecule has 28 heavy (non-hydrogen) atoms. The van der Waals surface area contributed by atoms with Gasteiger partial charge in [-0.3, -0.25) is 9.36 Å². The van der Waals surface area contributed by atoms with Gasteiger partial charge in [-0.1, -0.05) is 48.5 Å². The third-order valence-electron chi connectivity index (χ3n) is 6.36. The van der Waals surface area contributed by atoms with E-state index in [2.05, 4.69) is 22.4 Å². The number of hydrogen-bond acceptors (Lipinski definition) is 4. The number of benzene rings is 1. The molecule has 2 N–H and O–H groups in total. The smallest absolute Gasteiger partial charge is 0.344 e. The summed E-state index contributed by atoms with van der Waals surface area (Å²) in [5, 5.41) is 10.1. The van der Waals surface area contributed by atoms with E-state index >= 15 is 0 Å². The van der Waals surface area contributed by atoms with Crippen LogP contribution < -0.4 is 11.0 Å². The first kappa shape index (κ1) is 19.3. The molecule has 2 saturated carbocycles. The second kappa shape index (κ2) is 8.15. The Hall–Kier alpha value is -2.02. The molecule has 1 heterocycles. The number of rotatable bonds is 7. The van der Waals surface area contributed by atoms with Crippen LogP contribution in [-0.2, 0) is 11.3 Å². The number of amides is 1. The Bertz CT molecular complexity index is 878. The van der Waals surface area contributed by atoms with E-state index < -0.39 is 0 Å². The molecular formula is C21H28N4O2S. The summed E-state index contributed by atoms with van der Waals surface area (Å²) in [5.74, 6) is 2.28. The van der Waals surface area contributed by atoms with Crippen LogP contribution in [0.1, 0.15) is 45.1 Å². The molecule has 2 aliphatic carbocycles. The predicted octanol–water partition coefficient (Wildman–Crippen LogP) is 3.04. The lowest BCUT2D eigenvalue weighted by molar-refractivity contribution is -0.121. The van der Waals surface area contributed by atoms with Crippen molar-refractivity contribution in [3.63, 3.8) is 0 Å². The fourth-order valence-electron chi connectivity index (χ4n) is 4.87. The molecular weight excluding hydrogens is 372 g/mol. The minimum atomic E-state index is -0.314. The zero-order valence-electron chi connectivity index (χ0n) is 16.4. The van der Waals surface area contributed by atoms with Gasteiger partial charge in [-0.15, -0.1) is 5.10 Å². The van der Waals surface area contributed by atoms with E-state index in [4.69, 9.17) is 0 Å². The molecule has 0 aliphatic heterocycles. The van der Waals surface area contributed by atoms with Crippen LogP contribution in [0.3, 0.4) is 0 Å². The van der Waals surface area contributed by atoms with Gasteiger partial charge >= 0.3 is 5.69 Å². The molecule has 0 spiro atoms. The van der Waals surface area contributed by atoms with Crippen molar-refractivity contribution in [2.24, 2.45) is 17.8 Å². The van der Waals surface area contributed by atoms with Gasteiger partial charge in [0.1, 0.15) is 0 Å². The van der Waals surface area contributed by atoms with Crippen LogP contribution in [0, 0.1) is 17.8 Å². The molecule has 1 amide bonds. The standard InChI is InChI=1S/C21H28N4O2S/c1-13(18-11-16-8-9-17(18)10-16)22-19(26)14(2)28-21-24-23-20(27)25(21)12-15-6-4-3-5-7-15/h3-7,13-14,16-18H,8-12H2,1-2H3,(H,22,26)(H,23,27)/t13-,14-,16-,17-,18-/m0/s1. The van der Waals surface area contributed by atoms with Crippen molar-refractivity contribution in [3.05, 3.63) is 46.4 Å². The van der Waals surface area contributed by atoms with Crippen LogP contribution in [-0.4, -0.2) is 32.0 Å². The van der Waals surface area contributed by atoms with Gasteiger partial charge in [-0.2, -0.15) is 0 Å². The summed E-state index contributed by atoms with van der Waals surface area (Å²) in [5.41, 5.74) is 0.768. The highest BCUT2D eigenvalue weighted by molar-refractivity contribution is 8.00. The fraction of sp³-hybridized carbons (Fsp3) is 0.571. The summed E-state index contributed by atoms with van der Waals surface area (Å²) in [6, 6.07) is 9.99. The van der Waals surface area contributed by atoms with Crippen molar-refractivity contribution in [1.29, 1.82) is 0 Å². The molecule has 2 bridgehead atoms. The summed E-state index contributed by atoms with van der Waals surface area (Å²) in [4.78, 5) is 24.9. The van der Waals surface area contributed by atoms with Gasteiger partial charge in [0.2, 0.25) is 5.91 Å². The van der Waals surface area contributed by atoms with E-state index in [9.17, 15) is 9.59 Å². The first-order valence-corrected chi connectivity index (χ1v) is 11.1. The molecule has 1 aromatic carbocycles. The molecule has 2 aromatic rings. The Morgan fingerprint density at radius 1 is 1.29 bits per heavy atom. The van der Waals surface area contributed by atoms with Crippen molar-refractivity contribution in [1.82, 2.24) is 20.1 Å². The van der Waals surface area contributed by atoms with E-state index in [1.54, 1.807) is 4.57 Å². The Balaban J connectivity index is 1.37. The molecule has 2 aliphatic rings. The minimum Gasteiger partial charge on any atom is -0.352 e. The van der Waals surface area contributed by atoms with Crippen LogP contribution in [0.4, 0.5) is 0 Å². The van der Waals surface area contributed by atoms with Crippen LogP contribution >= 0.6 is 11.8 Å². The molecule has 0 unspecified atom stereocenters. The zero-order valence-corrected chi connectivity index (χ0v) is 17.2. The third kappa shape index (κ3) is 4.04. The lowest BCUT2D eigenvalue weighted by Crippen LogP contribution is -2.43.